The van der Waals surface area contributed by atoms with E-state index in [2.05, 4.69) is 15.5 Å². The van der Waals surface area contributed by atoms with Crippen LogP contribution in [0.25, 0.3) is 11.3 Å². The number of hydrogen-bond acceptors (Lipinski definition) is 4. The van der Waals surface area contributed by atoms with E-state index in [1.165, 1.54) is 11.8 Å². The van der Waals surface area contributed by atoms with Gasteiger partial charge in [-0.25, -0.2) is 0 Å². The van der Waals surface area contributed by atoms with Crippen molar-refractivity contribution in [2.75, 3.05) is 5.75 Å². The fraction of sp³-hybridized carbons (Fsp3) is 0.450. The Morgan fingerprint density at radius 1 is 1.33 bits per heavy atom. The van der Waals surface area contributed by atoms with Gasteiger partial charge in [0.1, 0.15) is 6.04 Å². The average Bonchev–Trinajstić information content (AvgIpc) is 3.11. The van der Waals surface area contributed by atoms with Crippen molar-refractivity contribution in [3.8, 4) is 11.3 Å². The van der Waals surface area contributed by atoms with Crippen LogP contribution in [0.3, 0.4) is 0 Å². The topological polar surface area (TPSA) is 78.1 Å². The molecule has 2 heterocycles. The third-order valence-electron chi connectivity index (χ3n) is 4.71. The maximum Gasteiger partial charge on any atom is 0.246 e. The van der Waals surface area contributed by atoms with Gasteiger partial charge < -0.3 is 10.2 Å². The standard InChI is InChI=1S/C20H26N4O2S/c1-13(2)24(18(25)17-12-27-20(3,4)19(26)21-17)11-15-10-16(23-22-15)14-8-6-5-7-9-14/h5-10,13,17H,11-12H2,1-4H3,(H,21,26)(H,22,23)/t17-/m1/s1. The van der Waals surface area contributed by atoms with Gasteiger partial charge in [-0.1, -0.05) is 30.3 Å². The fourth-order valence-corrected chi connectivity index (χ4v) is 3.96. The predicted octanol–water partition coefficient (Wildman–Crippen LogP) is 2.82. The maximum atomic E-state index is 13.0. The summed E-state index contributed by atoms with van der Waals surface area (Å²) in [5.74, 6) is 0.435. The van der Waals surface area contributed by atoms with Gasteiger partial charge >= 0.3 is 0 Å². The van der Waals surface area contributed by atoms with Crippen LogP contribution >= 0.6 is 11.8 Å². The van der Waals surface area contributed by atoms with Crippen LogP contribution in [0.1, 0.15) is 33.4 Å². The first-order valence-corrected chi connectivity index (χ1v) is 10.1. The molecule has 1 saturated heterocycles. The molecule has 1 fully saturated rings. The molecule has 0 unspecified atom stereocenters. The molecule has 7 heteroatoms. The minimum absolute atomic E-state index is 0.0119. The molecule has 2 N–H and O–H groups in total. The van der Waals surface area contributed by atoms with E-state index in [1.807, 2.05) is 64.1 Å². The largest absolute Gasteiger partial charge is 0.342 e. The summed E-state index contributed by atoms with van der Waals surface area (Å²) >= 11 is 1.52. The summed E-state index contributed by atoms with van der Waals surface area (Å²) in [4.78, 5) is 27.0. The van der Waals surface area contributed by atoms with Gasteiger partial charge in [0.25, 0.3) is 0 Å². The van der Waals surface area contributed by atoms with Gasteiger partial charge in [0, 0.05) is 17.4 Å². The zero-order chi connectivity index (χ0) is 19.6. The lowest BCUT2D eigenvalue weighted by Gasteiger charge is -2.36. The number of thioether (sulfide) groups is 1. The highest BCUT2D eigenvalue weighted by Crippen LogP contribution is 2.30. The van der Waals surface area contributed by atoms with E-state index in [9.17, 15) is 9.59 Å². The van der Waals surface area contributed by atoms with E-state index < -0.39 is 10.8 Å². The number of carbonyl (C=O) groups excluding carboxylic acids is 2. The number of aromatic nitrogens is 2. The van der Waals surface area contributed by atoms with Crippen LogP contribution in [0.15, 0.2) is 36.4 Å². The van der Waals surface area contributed by atoms with Crippen LogP contribution in [-0.2, 0) is 16.1 Å². The summed E-state index contributed by atoms with van der Waals surface area (Å²) in [5.41, 5.74) is 2.75. The van der Waals surface area contributed by atoms with E-state index in [-0.39, 0.29) is 17.9 Å². The van der Waals surface area contributed by atoms with Crippen molar-refractivity contribution in [1.82, 2.24) is 20.4 Å². The van der Waals surface area contributed by atoms with Crippen LogP contribution < -0.4 is 5.32 Å². The number of carbonyl (C=O) groups is 2. The van der Waals surface area contributed by atoms with Crippen LogP contribution in [-0.4, -0.2) is 49.5 Å². The third kappa shape index (κ3) is 4.35. The molecule has 144 valence electrons. The van der Waals surface area contributed by atoms with Crippen LogP contribution in [0.4, 0.5) is 0 Å². The molecule has 6 nitrogen and oxygen atoms in total. The molecule has 0 spiro atoms. The lowest BCUT2D eigenvalue weighted by Crippen LogP contribution is -2.58. The molecule has 1 aliphatic rings. The Labute approximate surface area is 164 Å². The highest BCUT2D eigenvalue weighted by Gasteiger charge is 2.39. The van der Waals surface area contributed by atoms with E-state index in [1.54, 1.807) is 4.90 Å². The summed E-state index contributed by atoms with van der Waals surface area (Å²) in [5, 5.41) is 10.3. The Bertz CT molecular complexity index is 816. The molecule has 2 amide bonds. The molecule has 1 aromatic carbocycles. The normalized spacial score (nSPS) is 19.0. The number of hydrogen-bond donors (Lipinski definition) is 2. The smallest absolute Gasteiger partial charge is 0.246 e. The Morgan fingerprint density at radius 3 is 2.67 bits per heavy atom. The van der Waals surface area contributed by atoms with Gasteiger partial charge in [-0.3, -0.25) is 14.7 Å². The average molecular weight is 387 g/mol. The van der Waals surface area contributed by atoms with Gasteiger partial charge in [0.15, 0.2) is 0 Å². The Hall–Kier alpha value is -2.28. The number of benzene rings is 1. The predicted molar refractivity (Wildman–Crippen MR) is 108 cm³/mol. The lowest BCUT2D eigenvalue weighted by atomic mass is 10.1. The van der Waals surface area contributed by atoms with E-state index >= 15 is 0 Å². The van der Waals surface area contributed by atoms with Crippen molar-refractivity contribution in [1.29, 1.82) is 0 Å². The minimum Gasteiger partial charge on any atom is -0.342 e. The van der Waals surface area contributed by atoms with Crippen molar-refractivity contribution < 1.29 is 9.59 Å². The number of nitrogens with zero attached hydrogens (tertiary/aromatic N) is 2. The van der Waals surface area contributed by atoms with Gasteiger partial charge in [-0.05, 0) is 33.8 Å². The first kappa shape index (κ1) is 19.5. The number of aromatic amines is 1. The molecule has 1 aromatic heterocycles. The molecule has 1 atom stereocenters. The quantitative estimate of drug-likeness (QED) is 0.828. The molecule has 27 heavy (non-hydrogen) atoms. The minimum atomic E-state index is -0.493. The van der Waals surface area contributed by atoms with Crippen molar-refractivity contribution in [2.24, 2.45) is 0 Å². The van der Waals surface area contributed by atoms with Crippen molar-refractivity contribution in [3.63, 3.8) is 0 Å². The van der Waals surface area contributed by atoms with E-state index in [0.29, 0.717) is 12.3 Å². The van der Waals surface area contributed by atoms with Gasteiger partial charge in [0.05, 0.1) is 22.7 Å². The number of rotatable bonds is 5. The summed E-state index contributed by atoms with van der Waals surface area (Å²) in [6.07, 6.45) is 0. The SMILES string of the molecule is CC(C)N(Cc1cc(-c2ccccc2)n[nH]1)C(=O)[C@H]1CSC(C)(C)C(=O)N1. The first-order chi connectivity index (χ1) is 12.8. The molecule has 0 aliphatic carbocycles. The molecule has 0 bridgehead atoms. The Kier molecular flexibility index (Phi) is 5.60. The molecular weight excluding hydrogens is 360 g/mol. The molecule has 3 rings (SSSR count). The first-order valence-electron chi connectivity index (χ1n) is 9.13. The van der Waals surface area contributed by atoms with E-state index in [0.717, 1.165) is 17.0 Å². The number of nitrogens with one attached hydrogen (secondary N) is 2. The highest BCUT2D eigenvalue weighted by atomic mass is 32.2. The molecular formula is C20H26N4O2S. The second-order valence-corrected chi connectivity index (χ2v) is 9.19. The number of H-pyrrole nitrogens is 1. The molecule has 1 aliphatic heterocycles. The highest BCUT2D eigenvalue weighted by molar-refractivity contribution is 8.01. The molecule has 0 saturated carbocycles. The monoisotopic (exact) mass is 386 g/mol. The van der Waals surface area contributed by atoms with Crippen molar-refractivity contribution in [2.45, 2.75) is 51.1 Å². The van der Waals surface area contributed by atoms with Crippen molar-refractivity contribution in [3.05, 3.63) is 42.1 Å². The van der Waals surface area contributed by atoms with Gasteiger partial charge in [-0.2, -0.15) is 5.10 Å². The summed E-state index contributed by atoms with van der Waals surface area (Å²) in [7, 11) is 0. The summed E-state index contributed by atoms with van der Waals surface area (Å²) < 4.78 is -0.493. The van der Waals surface area contributed by atoms with Gasteiger partial charge in [0.2, 0.25) is 11.8 Å². The number of amides is 2. The zero-order valence-electron chi connectivity index (χ0n) is 16.2. The Balaban J connectivity index is 1.72. The maximum absolute atomic E-state index is 13.0. The van der Waals surface area contributed by atoms with Crippen LogP contribution in [0, 0.1) is 0 Å². The van der Waals surface area contributed by atoms with Crippen LogP contribution in [0.2, 0.25) is 0 Å². The second-order valence-electron chi connectivity index (χ2n) is 7.55. The van der Waals surface area contributed by atoms with Crippen molar-refractivity contribution >= 4 is 23.6 Å². The Morgan fingerprint density at radius 2 is 2.04 bits per heavy atom. The second kappa shape index (κ2) is 7.76. The zero-order valence-corrected chi connectivity index (χ0v) is 17.0. The van der Waals surface area contributed by atoms with E-state index in [4.69, 9.17) is 0 Å². The fourth-order valence-electron chi connectivity index (χ4n) is 2.96. The lowest BCUT2D eigenvalue weighted by molar-refractivity contribution is -0.138. The summed E-state index contributed by atoms with van der Waals surface area (Å²) in [6.45, 7) is 8.15. The van der Waals surface area contributed by atoms with Gasteiger partial charge in [-0.15, -0.1) is 11.8 Å². The van der Waals surface area contributed by atoms with Crippen LogP contribution in [0.5, 0.6) is 0 Å². The summed E-state index contributed by atoms with van der Waals surface area (Å²) in [6, 6.07) is 11.4. The third-order valence-corrected chi connectivity index (χ3v) is 6.12. The molecule has 0 radical (unpaired) electrons. The molecule has 2 aromatic rings.